The zero-order valence-corrected chi connectivity index (χ0v) is 15.5. The molecule has 6 heteroatoms. The van der Waals surface area contributed by atoms with Gasteiger partial charge < -0.3 is 15.4 Å². The third-order valence-corrected chi connectivity index (χ3v) is 4.75. The number of unbranched alkanes of at least 4 members (excludes halogenated alkanes) is 1. The number of nitrogens with one attached hydrogen (secondary N) is 2. The average Bonchev–Trinajstić information content (AvgIpc) is 2.53. The number of morpholine rings is 1. The number of ether oxygens (including phenoxy) is 1. The fraction of sp³-hybridized carbons (Fsp3) is 0.938. The van der Waals surface area contributed by atoms with Crippen LogP contribution in [0.2, 0.25) is 0 Å². The van der Waals surface area contributed by atoms with Crippen LogP contribution in [-0.4, -0.2) is 75.4 Å². The summed E-state index contributed by atoms with van der Waals surface area (Å²) in [5, 5.41) is 6.90. The van der Waals surface area contributed by atoms with E-state index in [9.17, 15) is 0 Å². The molecule has 5 nitrogen and oxygen atoms in total. The maximum Gasteiger partial charge on any atom is 0.191 e. The van der Waals surface area contributed by atoms with Crippen molar-refractivity contribution in [2.75, 3.05) is 58.4 Å². The lowest BCUT2D eigenvalue weighted by Gasteiger charge is -2.37. The van der Waals surface area contributed by atoms with E-state index in [1.807, 2.05) is 18.8 Å². The molecule has 0 spiro atoms. The third kappa shape index (κ3) is 7.70. The van der Waals surface area contributed by atoms with Crippen LogP contribution in [0.3, 0.4) is 0 Å². The van der Waals surface area contributed by atoms with Gasteiger partial charge in [-0.2, -0.15) is 11.8 Å². The summed E-state index contributed by atoms with van der Waals surface area (Å²) in [7, 11) is 1.84. The van der Waals surface area contributed by atoms with Crippen LogP contribution in [-0.2, 0) is 4.74 Å². The molecule has 1 aliphatic heterocycles. The Labute approximate surface area is 140 Å². The van der Waals surface area contributed by atoms with Gasteiger partial charge in [-0.1, -0.05) is 13.8 Å². The predicted octanol–water partition coefficient (Wildman–Crippen LogP) is 1.65. The Kier molecular flexibility index (Phi) is 10.7. The second-order valence-corrected chi connectivity index (χ2v) is 7.03. The Morgan fingerprint density at radius 2 is 1.95 bits per heavy atom. The lowest BCUT2D eigenvalue weighted by molar-refractivity contribution is 0.00752. The normalized spacial score (nSPS) is 18.5. The molecular formula is C16H34N4OS. The van der Waals surface area contributed by atoms with Crippen molar-refractivity contribution in [1.29, 1.82) is 0 Å². The highest BCUT2D eigenvalue weighted by atomic mass is 32.2. The maximum atomic E-state index is 5.46. The molecule has 0 bridgehead atoms. The molecule has 1 heterocycles. The van der Waals surface area contributed by atoms with Crippen molar-refractivity contribution in [3.63, 3.8) is 0 Å². The minimum absolute atomic E-state index is 0.527. The summed E-state index contributed by atoms with van der Waals surface area (Å²) in [5.41, 5.74) is 0. The molecule has 0 aliphatic carbocycles. The van der Waals surface area contributed by atoms with Crippen LogP contribution >= 0.6 is 11.8 Å². The number of hydrogen-bond acceptors (Lipinski definition) is 4. The lowest BCUT2D eigenvalue weighted by atomic mass is 10.0. The van der Waals surface area contributed by atoms with Crippen molar-refractivity contribution in [1.82, 2.24) is 15.5 Å². The summed E-state index contributed by atoms with van der Waals surface area (Å²) in [5.74, 6) is 2.77. The van der Waals surface area contributed by atoms with Crippen LogP contribution in [0.4, 0.5) is 0 Å². The SMILES string of the molecule is CN=C(NCCCCSC)NCC(C(C)C)N1CCOCC1. The van der Waals surface area contributed by atoms with E-state index in [2.05, 4.69) is 40.6 Å². The van der Waals surface area contributed by atoms with E-state index < -0.39 is 0 Å². The molecule has 1 rings (SSSR count). The minimum atomic E-state index is 0.527. The molecule has 1 saturated heterocycles. The molecule has 0 radical (unpaired) electrons. The number of nitrogens with zero attached hydrogens (tertiary/aromatic N) is 2. The number of aliphatic imine (C=N–C) groups is 1. The maximum absolute atomic E-state index is 5.46. The summed E-state index contributed by atoms with van der Waals surface area (Å²) in [6, 6.07) is 0.527. The summed E-state index contributed by atoms with van der Waals surface area (Å²) in [6.07, 6.45) is 4.61. The van der Waals surface area contributed by atoms with Gasteiger partial charge in [0.25, 0.3) is 0 Å². The third-order valence-electron chi connectivity index (χ3n) is 4.05. The summed E-state index contributed by atoms with van der Waals surface area (Å²) in [6.45, 7) is 10.3. The molecule has 0 aromatic heterocycles. The first-order valence-corrected chi connectivity index (χ1v) is 9.83. The van der Waals surface area contributed by atoms with Crippen LogP contribution < -0.4 is 10.6 Å². The van der Waals surface area contributed by atoms with Crippen LogP contribution in [0.25, 0.3) is 0 Å². The fourth-order valence-electron chi connectivity index (χ4n) is 2.70. The lowest BCUT2D eigenvalue weighted by Crippen LogP contribution is -2.52. The Hall–Kier alpha value is -0.460. The number of guanidine groups is 1. The quantitative estimate of drug-likeness (QED) is 0.382. The Morgan fingerprint density at radius 3 is 2.55 bits per heavy atom. The molecule has 130 valence electrons. The second-order valence-electron chi connectivity index (χ2n) is 6.04. The molecule has 0 aromatic carbocycles. The summed E-state index contributed by atoms with van der Waals surface area (Å²) >= 11 is 1.91. The van der Waals surface area contributed by atoms with Gasteiger partial charge in [0.05, 0.1) is 13.2 Å². The first-order valence-electron chi connectivity index (χ1n) is 8.44. The molecule has 0 aromatic rings. The topological polar surface area (TPSA) is 48.9 Å². The first-order chi connectivity index (χ1) is 10.7. The monoisotopic (exact) mass is 330 g/mol. The van der Waals surface area contributed by atoms with Gasteiger partial charge in [0.15, 0.2) is 5.96 Å². The Balaban J connectivity index is 2.31. The minimum Gasteiger partial charge on any atom is -0.379 e. The molecule has 1 aliphatic rings. The van der Waals surface area contributed by atoms with E-state index in [0.29, 0.717) is 12.0 Å². The zero-order valence-electron chi connectivity index (χ0n) is 14.7. The molecule has 1 fully saturated rings. The van der Waals surface area contributed by atoms with Crippen LogP contribution in [0.15, 0.2) is 4.99 Å². The number of rotatable bonds is 9. The molecule has 2 N–H and O–H groups in total. The van der Waals surface area contributed by atoms with Crippen molar-refractivity contribution in [3.8, 4) is 0 Å². The van der Waals surface area contributed by atoms with Gasteiger partial charge >= 0.3 is 0 Å². The van der Waals surface area contributed by atoms with Crippen molar-refractivity contribution in [2.45, 2.75) is 32.7 Å². The van der Waals surface area contributed by atoms with Crippen molar-refractivity contribution in [3.05, 3.63) is 0 Å². The summed E-state index contributed by atoms with van der Waals surface area (Å²) in [4.78, 5) is 6.86. The van der Waals surface area contributed by atoms with Gasteiger partial charge in [0.2, 0.25) is 0 Å². The van der Waals surface area contributed by atoms with Crippen LogP contribution in [0.5, 0.6) is 0 Å². The standard InChI is InChI=1S/C16H34N4OS/c1-14(2)15(20-8-10-21-11-9-20)13-19-16(17-3)18-7-5-6-12-22-4/h14-15H,5-13H2,1-4H3,(H2,17,18,19). The smallest absolute Gasteiger partial charge is 0.191 e. The highest BCUT2D eigenvalue weighted by Crippen LogP contribution is 2.12. The molecule has 0 amide bonds. The van der Waals surface area contributed by atoms with E-state index in [1.165, 1.54) is 18.6 Å². The van der Waals surface area contributed by atoms with E-state index in [1.54, 1.807) is 0 Å². The highest BCUT2D eigenvalue weighted by Gasteiger charge is 2.23. The number of thioether (sulfide) groups is 1. The molecular weight excluding hydrogens is 296 g/mol. The van der Waals surface area contributed by atoms with Crippen LogP contribution in [0, 0.1) is 5.92 Å². The van der Waals surface area contributed by atoms with E-state index in [-0.39, 0.29) is 0 Å². The van der Waals surface area contributed by atoms with Gasteiger partial charge in [-0.15, -0.1) is 0 Å². The fourth-order valence-corrected chi connectivity index (χ4v) is 3.19. The van der Waals surface area contributed by atoms with E-state index >= 15 is 0 Å². The van der Waals surface area contributed by atoms with Crippen LogP contribution in [0.1, 0.15) is 26.7 Å². The Morgan fingerprint density at radius 1 is 1.23 bits per heavy atom. The predicted molar refractivity (Wildman–Crippen MR) is 98.0 cm³/mol. The zero-order chi connectivity index (χ0) is 16.2. The largest absolute Gasteiger partial charge is 0.379 e. The van der Waals surface area contributed by atoms with Crippen molar-refractivity contribution >= 4 is 17.7 Å². The molecule has 0 saturated carbocycles. The van der Waals surface area contributed by atoms with Crippen molar-refractivity contribution < 1.29 is 4.74 Å². The molecule has 1 atom stereocenters. The highest BCUT2D eigenvalue weighted by molar-refractivity contribution is 7.98. The van der Waals surface area contributed by atoms with E-state index in [0.717, 1.165) is 45.4 Å². The van der Waals surface area contributed by atoms with Gasteiger partial charge in [0.1, 0.15) is 0 Å². The van der Waals surface area contributed by atoms with Crippen molar-refractivity contribution in [2.24, 2.45) is 10.9 Å². The summed E-state index contributed by atoms with van der Waals surface area (Å²) < 4.78 is 5.46. The number of hydrogen-bond donors (Lipinski definition) is 2. The molecule has 22 heavy (non-hydrogen) atoms. The van der Waals surface area contributed by atoms with E-state index in [4.69, 9.17) is 4.74 Å². The van der Waals surface area contributed by atoms with Gasteiger partial charge in [0, 0.05) is 39.3 Å². The van der Waals surface area contributed by atoms with Gasteiger partial charge in [-0.05, 0) is 30.8 Å². The average molecular weight is 331 g/mol. The first kappa shape index (κ1) is 19.6. The second kappa shape index (κ2) is 12.0. The Bertz CT molecular complexity index is 307. The van der Waals surface area contributed by atoms with Gasteiger partial charge in [-0.3, -0.25) is 9.89 Å². The molecule has 1 unspecified atom stereocenters. The van der Waals surface area contributed by atoms with Gasteiger partial charge in [-0.25, -0.2) is 0 Å².